The van der Waals surface area contributed by atoms with Crippen LogP contribution in [-0.2, 0) is 67.0 Å². The molecule has 2 aromatic heterocycles. The highest BCUT2D eigenvalue weighted by molar-refractivity contribution is 7.13. The van der Waals surface area contributed by atoms with Gasteiger partial charge in [-0.2, -0.15) is 39.5 Å². The molecular weight excluding hydrogens is 970 g/mol. The van der Waals surface area contributed by atoms with Gasteiger partial charge in [0.05, 0.1) is 40.7 Å². The first kappa shape index (κ1) is 60.5. The third kappa shape index (κ3) is 24.4. The first-order valence-corrected chi connectivity index (χ1v) is 21.3. The number of hydrogen-bond acceptors (Lipinski definition) is 12. The number of aromatic nitrogens is 3. The molecule has 4 rings (SSSR count). The lowest BCUT2D eigenvalue weighted by molar-refractivity contribution is -0.884. The van der Waals surface area contributed by atoms with Gasteiger partial charge in [0.15, 0.2) is 0 Å². The summed E-state index contributed by atoms with van der Waals surface area (Å²) < 4.78 is 100. The maximum Gasteiger partial charge on any atom is 0.430 e. The van der Waals surface area contributed by atoms with Gasteiger partial charge >= 0.3 is 23.7 Å². The number of nitrogens with zero attached hydrogens (tertiary/aromatic N) is 3. The zero-order chi connectivity index (χ0) is 52.9. The van der Waals surface area contributed by atoms with Crippen molar-refractivity contribution in [1.82, 2.24) is 25.8 Å². The number of halogens is 9. The molecule has 1 aliphatic rings. The predicted octanol–water partition coefficient (Wildman–Crippen LogP) is -3.42. The van der Waals surface area contributed by atoms with Crippen molar-refractivity contribution in [2.75, 3.05) is 32.4 Å². The Bertz CT molecular complexity index is 2110. The summed E-state index contributed by atoms with van der Waals surface area (Å²) in [6, 6.07) is 8.45. The molecule has 7 N–H and O–H groups in total. The molecule has 69 heavy (non-hydrogen) atoms. The van der Waals surface area contributed by atoms with E-state index in [1.165, 1.54) is 23.2 Å². The SMILES string of the molecule is CC(=O)NCCCC[C@H](NC(=O)Cc1csc(N)[n+]1C)C(=O)N[C@@H](Cc1c[n+](Cc2ccccc2)cn1C)C(=O)NC1CC[NH+](C)CC1.O=C([O-])C(F)(F)F.O=C([O-])C(F)(F)F.O=C([O-])C(F)(F)F. The molecule has 2 atom stereocenters. The minimum atomic E-state index is -5.19. The number of likely N-dealkylation sites (tertiary alicyclic amines) is 1. The summed E-state index contributed by atoms with van der Waals surface area (Å²) in [5, 5.41) is 40.6. The molecule has 1 fully saturated rings. The summed E-state index contributed by atoms with van der Waals surface area (Å²) in [5.41, 5.74) is 8.75. The number of amides is 4. The van der Waals surface area contributed by atoms with Crippen LogP contribution in [0.15, 0.2) is 48.2 Å². The number of quaternary nitrogens is 1. The molecule has 0 unspecified atom stereocenters. The Morgan fingerprint density at radius 1 is 0.841 bits per heavy atom. The second-order valence-corrected chi connectivity index (χ2v) is 16.2. The lowest BCUT2D eigenvalue weighted by Gasteiger charge is -2.29. The normalized spacial score (nSPS) is 15.4. The number of alkyl halides is 9. The van der Waals surface area contributed by atoms with Crippen molar-refractivity contribution in [1.29, 1.82) is 0 Å². The number of unbranched alkanes of at least 4 members (excludes halogenated alkanes) is 1. The molecule has 0 saturated carbocycles. The van der Waals surface area contributed by atoms with E-state index in [1.54, 1.807) is 11.6 Å². The van der Waals surface area contributed by atoms with Crippen molar-refractivity contribution in [3.8, 4) is 0 Å². The minimum Gasteiger partial charge on any atom is -0.542 e. The lowest BCUT2D eigenvalue weighted by Crippen LogP contribution is -3.10. The fourth-order valence-corrected chi connectivity index (χ4v) is 6.72. The second-order valence-electron chi connectivity index (χ2n) is 15.3. The topological polar surface area (TPSA) is 280 Å². The summed E-state index contributed by atoms with van der Waals surface area (Å²) in [4.78, 5) is 80.1. The van der Waals surface area contributed by atoms with Gasteiger partial charge in [0, 0.05) is 44.2 Å². The number of aryl methyl sites for hydroxylation is 1. The van der Waals surface area contributed by atoms with Crippen LogP contribution < -0.4 is 56.4 Å². The molecule has 386 valence electrons. The quantitative estimate of drug-likeness (QED) is 0.0467. The van der Waals surface area contributed by atoms with E-state index >= 15 is 0 Å². The number of carbonyl (C=O) groups excluding carboxylic acids is 7. The number of benzene rings is 1. The van der Waals surface area contributed by atoms with Gasteiger partial charge in [-0.3, -0.25) is 24.9 Å². The Kier molecular flexibility index (Phi) is 24.6. The molecule has 0 spiro atoms. The molecule has 29 heteroatoms. The number of nitrogen functional groups attached to an aromatic ring is 1. The third-order valence-electron chi connectivity index (χ3n) is 9.59. The molecule has 0 bridgehead atoms. The van der Waals surface area contributed by atoms with Crippen LogP contribution >= 0.6 is 11.3 Å². The number of nitrogens with two attached hydrogens (primary N) is 1. The number of anilines is 1. The Morgan fingerprint density at radius 2 is 1.36 bits per heavy atom. The number of nitrogens with one attached hydrogen (secondary N) is 5. The number of imidazole rings is 1. The van der Waals surface area contributed by atoms with Crippen molar-refractivity contribution in [3.63, 3.8) is 0 Å². The van der Waals surface area contributed by atoms with E-state index in [0.717, 1.165) is 42.9 Å². The third-order valence-corrected chi connectivity index (χ3v) is 10.5. The highest BCUT2D eigenvalue weighted by Gasteiger charge is 2.33. The number of aliphatic carboxylic acids is 3. The molecule has 0 aliphatic carbocycles. The fraction of sp³-hybridized carbons (Fsp3) is 0.525. The summed E-state index contributed by atoms with van der Waals surface area (Å²) in [6.45, 7) is 4.55. The number of carboxylic acids is 3. The van der Waals surface area contributed by atoms with E-state index in [0.29, 0.717) is 37.5 Å². The molecular formula is C40H52F9N9O10S. The van der Waals surface area contributed by atoms with E-state index in [4.69, 9.17) is 35.4 Å². The number of thiazole rings is 1. The monoisotopic (exact) mass is 1020 g/mol. The van der Waals surface area contributed by atoms with Gasteiger partial charge in [0.1, 0.15) is 54.1 Å². The Balaban J connectivity index is 0.000000938. The van der Waals surface area contributed by atoms with E-state index in [9.17, 15) is 58.7 Å². The smallest absolute Gasteiger partial charge is 0.430 e. The summed E-state index contributed by atoms with van der Waals surface area (Å²) in [5.74, 6) is -10.1. The van der Waals surface area contributed by atoms with Gasteiger partial charge in [-0.05, 0) is 24.8 Å². The minimum absolute atomic E-state index is 0.0418. The van der Waals surface area contributed by atoms with Crippen LogP contribution in [-0.4, -0.2) is 109 Å². The van der Waals surface area contributed by atoms with Gasteiger partial charge in [0.25, 0.3) is 0 Å². The predicted molar refractivity (Wildman–Crippen MR) is 216 cm³/mol. The number of piperidine rings is 1. The molecule has 1 aliphatic heterocycles. The Hall–Kier alpha value is -6.52. The van der Waals surface area contributed by atoms with E-state index < -0.39 is 54.4 Å². The molecule has 3 aromatic rings. The zero-order valence-electron chi connectivity index (χ0n) is 37.4. The maximum absolute atomic E-state index is 13.9. The first-order chi connectivity index (χ1) is 31.8. The van der Waals surface area contributed by atoms with Crippen LogP contribution in [0.25, 0.3) is 0 Å². The number of rotatable bonds is 16. The Labute approximate surface area is 392 Å². The molecule has 19 nitrogen and oxygen atoms in total. The van der Waals surface area contributed by atoms with Crippen LogP contribution in [0.5, 0.6) is 0 Å². The van der Waals surface area contributed by atoms with Crippen LogP contribution in [0.3, 0.4) is 0 Å². The Morgan fingerprint density at radius 3 is 1.83 bits per heavy atom. The van der Waals surface area contributed by atoms with Crippen molar-refractivity contribution < 1.29 is 102 Å². The molecule has 1 saturated heterocycles. The number of carboxylic acid groups (broad SMARTS) is 3. The zero-order valence-corrected chi connectivity index (χ0v) is 38.3. The number of carbonyl (C=O) groups is 7. The van der Waals surface area contributed by atoms with E-state index in [-0.39, 0.29) is 36.6 Å². The molecule has 4 amide bonds. The summed E-state index contributed by atoms with van der Waals surface area (Å²) >= 11 is 1.35. The number of hydrogen-bond donors (Lipinski definition) is 6. The van der Waals surface area contributed by atoms with Crippen molar-refractivity contribution >= 4 is 58.0 Å². The molecule has 3 heterocycles. The van der Waals surface area contributed by atoms with E-state index in [2.05, 4.69) is 45.0 Å². The maximum atomic E-state index is 13.9. The van der Waals surface area contributed by atoms with Gasteiger partial charge in [-0.15, -0.1) is 0 Å². The van der Waals surface area contributed by atoms with Gasteiger partial charge in [-0.25, -0.2) is 13.7 Å². The van der Waals surface area contributed by atoms with Crippen LogP contribution in [0.2, 0.25) is 0 Å². The summed E-state index contributed by atoms with van der Waals surface area (Å²) in [6.07, 6.45) is -7.93. The average molecular weight is 1020 g/mol. The van der Waals surface area contributed by atoms with Crippen molar-refractivity contribution in [3.05, 3.63) is 65.2 Å². The van der Waals surface area contributed by atoms with Crippen LogP contribution in [0.1, 0.15) is 56.0 Å². The summed E-state index contributed by atoms with van der Waals surface area (Å²) in [7, 11) is 5.88. The van der Waals surface area contributed by atoms with Crippen molar-refractivity contribution in [2.24, 2.45) is 14.1 Å². The van der Waals surface area contributed by atoms with Gasteiger partial charge < -0.3 is 55.9 Å². The molecule has 1 aromatic carbocycles. The highest BCUT2D eigenvalue weighted by Crippen LogP contribution is 2.14. The van der Waals surface area contributed by atoms with Gasteiger partial charge in [0.2, 0.25) is 30.0 Å². The standard InChI is InChI=1S/C34H49N9O4S.3C2HF3O2/c1-24(44)36-15-9-8-12-29(38-31(45)19-28-22-48-34(35)42(28)4)32(46)39-30(33(47)37-26-13-16-40(2)17-14-26)18-27-21-43(23-41(27)3)20-25-10-6-5-7-11-25;3*3-2(4,5)1(6)7/h5-7,10-11,21-23,26,29-30,35H,8-9,12-20H2,1-4H3,(H3-,36,37,38,39,44,45,46,47);3*(H,6,7)/t29-,30-;;;/m0.../s1. The molecule has 0 radical (unpaired) electrons. The van der Waals surface area contributed by atoms with Gasteiger partial charge in [-0.1, -0.05) is 41.7 Å². The van der Waals surface area contributed by atoms with Crippen molar-refractivity contribution in [2.45, 2.75) is 95.1 Å². The van der Waals surface area contributed by atoms with Crippen LogP contribution in [0, 0.1) is 0 Å². The largest absolute Gasteiger partial charge is 0.542 e. The first-order valence-electron chi connectivity index (χ1n) is 20.4. The lowest BCUT2D eigenvalue weighted by atomic mass is 10.0. The average Bonchev–Trinajstić information content (AvgIpc) is 3.74. The van der Waals surface area contributed by atoms with E-state index in [1.807, 2.05) is 47.7 Å². The fourth-order valence-electron chi connectivity index (χ4n) is 5.94. The highest BCUT2D eigenvalue weighted by atomic mass is 32.1. The second kappa shape index (κ2) is 28.1. The van der Waals surface area contributed by atoms with Crippen LogP contribution in [0.4, 0.5) is 44.6 Å².